The zero-order valence-electron chi connectivity index (χ0n) is 11.8. The second kappa shape index (κ2) is 7.48. The summed E-state index contributed by atoms with van der Waals surface area (Å²) >= 11 is 12.2. The summed E-state index contributed by atoms with van der Waals surface area (Å²) < 4.78 is 0. The lowest BCUT2D eigenvalue weighted by Gasteiger charge is -2.17. The van der Waals surface area contributed by atoms with Crippen LogP contribution in [-0.4, -0.2) is 17.8 Å². The minimum atomic E-state index is -0.190. The Kier molecular flexibility index (Phi) is 5.66. The largest absolute Gasteiger partial charge is 0.348 e. The number of rotatable bonds is 5. The molecule has 0 aliphatic heterocycles. The van der Waals surface area contributed by atoms with Crippen LogP contribution in [0.2, 0.25) is 5.02 Å². The lowest BCUT2D eigenvalue weighted by Crippen LogP contribution is -2.38. The van der Waals surface area contributed by atoms with Gasteiger partial charge in [0.25, 0.3) is 5.91 Å². The summed E-state index contributed by atoms with van der Waals surface area (Å²) in [6.45, 7) is 1.88. The maximum atomic E-state index is 12.3. The predicted octanol–water partition coefficient (Wildman–Crippen LogP) is 4.23. The van der Waals surface area contributed by atoms with Crippen molar-refractivity contribution in [2.24, 2.45) is 0 Å². The lowest BCUT2D eigenvalue weighted by atomic mass is 10.1. The third-order valence-electron chi connectivity index (χ3n) is 3.28. The van der Waals surface area contributed by atoms with Crippen molar-refractivity contribution in [3.63, 3.8) is 0 Å². The van der Waals surface area contributed by atoms with Crippen molar-refractivity contribution in [3.05, 3.63) is 70.2 Å². The fourth-order valence-corrected chi connectivity index (χ4v) is 2.53. The first kappa shape index (κ1) is 15.9. The van der Waals surface area contributed by atoms with E-state index in [1.54, 1.807) is 6.07 Å². The molecule has 0 aliphatic rings. The summed E-state index contributed by atoms with van der Waals surface area (Å²) in [5.41, 5.74) is 2.51. The molecule has 0 heterocycles. The fraction of sp³-hybridized carbons (Fsp3) is 0.235. The molecule has 2 aromatic carbocycles. The van der Waals surface area contributed by atoms with Crippen molar-refractivity contribution in [2.45, 2.75) is 19.4 Å². The molecule has 2 rings (SSSR count). The van der Waals surface area contributed by atoms with Crippen LogP contribution >= 0.6 is 23.2 Å². The van der Waals surface area contributed by atoms with Gasteiger partial charge in [0.05, 0.1) is 10.6 Å². The van der Waals surface area contributed by atoms with Gasteiger partial charge in [0, 0.05) is 11.9 Å². The molecule has 4 heteroatoms. The van der Waals surface area contributed by atoms with Gasteiger partial charge in [-0.1, -0.05) is 54.1 Å². The van der Waals surface area contributed by atoms with Crippen LogP contribution in [0.15, 0.2) is 48.5 Å². The van der Waals surface area contributed by atoms with Crippen LogP contribution in [0.4, 0.5) is 0 Å². The van der Waals surface area contributed by atoms with Crippen LogP contribution in [0.1, 0.15) is 21.5 Å². The highest BCUT2D eigenvalue weighted by atomic mass is 35.5. The summed E-state index contributed by atoms with van der Waals surface area (Å²) in [6.07, 6.45) is 0.694. The Morgan fingerprint density at radius 3 is 2.52 bits per heavy atom. The van der Waals surface area contributed by atoms with Crippen molar-refractivity contribution in [1.29, 1.82) is 0 Å². The smallest absolute Gasteiger partial charge is 0.253 e. The van der Waals surface area contributed by atoms with Crippen molar-refractivity contribution in [2.75, 3.05) is 5.88 Å². The van der Waals surface area contributed by atoms with Crippen molar-refractivity contribution in [1.82, 2.24) is 5.32 Å². The van der Waals surface area contributed by atoms with Crippen LogP contribution in [0.5, 0.6) is 0 Å². The van der Waals surface area contributed by atoms with Crippen molar-refractivity contribution < 1.29 is 4.79 Å². The number of carbonyl (C=O) groups excluding carboxylic acids is 1. The maximum absolute atomic E-state index is 12.3. The zero-order chi connectivity index (χ0) is 15.2. The predicted molar refractivity (Wildman–Crippen MR) is 88.3 cm³/mol. The molecule has 0 aromatic heterocycles. The molecular weight excluding hydrogens is 305 g/mol. The summed E-state index contributed by atoms with van der Waals surface area (Å²) in [4.78, 5) is 12.3. The van der Waals surface area contributed by atoms with Crippen molar-refractivity contribution >= 4 is 29.1 Å². The summed E-state index contributed by atoms with van der Waals surface area (Å²) in [7, 11) is 0. The molecule has 0 spiro atoms. The van der Waals surface area contributed by atoms with Gasteiger partial charge in [-0.15, -0.1) is 11.6 Å². The number of nitrogens with one attached hydrogen (secondary N) is 1. The van der Waals surface area contributed by atoms with Crippen molar-refractivity contribution in [3.8, 4) is 0 Å². The number of halogens is 2. The number of alkyl halides is 1. The number of hydrogen-bond acceptors (Lipinski definition) is 1. The van der Waals surface area contributed by atoms with Crippen LogP contribution < -0.4 is 5.32 Å². The number of aryl methyl sites for hydroxylation is 1. The van der Waals surface area contributed by atoms with E-state index >= 15 is 0 Å². The van der Waals surface area contributed by atoms with E-state index in [0.717, 1.165) is 11.1 Å². The number of carbonyl (C=O) groups is 1. The first-order valence-corrected chi connectivity index (χ1v) is 7.69. The van der Waals surface area contributed by atoms with Gasteiger partial charge >= 0.3 is 0 Å². The second-order valence-corrected chi connectivity index (χ2v) is 5.64. The number of hydrogen-bond donors (Lipinski definition) is 1. The van der Waals surface area contributed by atoms with Gasteiger partial charge in [-0.25, -0.2) is 0 Å². The number of benzene rings is 2. The molecule has 0 saturated heterocycles. The topological polar surface area (TPSA) is 29.1 Å². The standard InChI is InChI=1S/C17H17Cl2NO/c1-12-6-5-9-15(16(12)19)17(21)20-14(11-18)10-13-7-3-2-4-8-13/h2-9,14H,10-11H2,1H3,(H,20,21). The lowest BCUT2D eigenvalue weighted by molar-refractivity contribution is 0.0940. The molecule has 0 radical (unpaired) electrons. The first-order chi connectivity index (χ1) is 10.1. The fourth-order valence-electron chi connectivity index (χ4n) is 2.13. The Morgan fingerprint density at radius 1 is 1.14 bits per heavy atom. The van der Waals surface area contributed by atoms with E-state index in [1.165, 1.54) is 0 Å². The van der Waals surface area contributed by atoms with Crippen LogP contribution in [0.25, 0.3) is 0 Å². The molecule has 2 aromatic rings. The Labute approximate surface area is 135 Å². The summed E-state index contributed by atoms with van der Waals surface area (Å²) in [5, 5.41) is 3.43. The normalized spacial score (nSPS) is 12.0. The van der Waals surface area contributed by atoms with Gasteiger partial charge in [0.2, 0.25) is 0 Å². The van der Waals surface area contributed by atoms with E-state index < -0.39 is 0 Å². The molecule has 1 unspecified atom stereocenters. The molecule has 0 aliphatic carbocycles. The average Bonchev–Trinajstić information content (AvgIpc) is 2.50. The highest BCUT2D eigenvalue weighted by Gasteiger charge is 2.16. The highest BCUT2D eigenvalue weighted by Crippen LogP contribution is 2.20. The molecule has 0 fully saturated rings. The summed E-state index contributed by atoms with van der Waals surface area (Å²) in [5.74, 6) is 0.162. The van der Waals surface area contributed by atoms with Crippen LogP contribution in [0, 0.1) is 6.92 Å². The average molecular weight is 322 g/mol. The molecule has 21 heavy (non-hydrogen) atoms. The Bertz CT molecular complexity index is 613. The molecule has 110 valence electrons. The quantitative estimate of drug-likeness (QED) is 0.820. The van der Waals surface area contributed by atoms with E-state index in [4.69, 9.17) is 23.2 Å². The maximum Gasteiger partial charge on any atom is 0.253 e. The zero-order valence-corrected chi connectivity index (χ0v) is 13.3. The molecule has 1 N–H and O–H groups in total. The second-order valence-electron chi connectivity index (χ2n) is 4.95. The van der Waals surface area contributed by atoms with Crippen LogP contribution in [0.3, 0.4) is 0 Å². The van der Waals surface area contributed by atoms with E-state index in [2.05, 4.69) is 5.32 Å². The summed E-state index contributed by atoms with van der Waals surface area (Å²) in [6, 6.07) is 15.2. The van der Waals surface area contributed by atoms with Gasteiger partial charge in [-0.2, -0.15) is 0 Å². The van der Waals surface area contributed by atoms with Gasteiger partial charge < -0.3 is 5.32 Å². The molecule has 0 saturated carbocycles. The molecular formula is C17H17Cl2NO. The highest BCUT2D eigenvalue weighted by molar-refractivity contribution is 6.34. The third-order valence-corrected chi connectivity index (χ3v) is 4.16. The van der Waals surface area contributed by atoms with Gasteiger partial charge in [0.1, 0.15) is 0 Å². The van der Waals surface area contributed by atoms with Gasteiger partial charge in [-0.3, -0.25) is 4.79 Å². The monoisotopic (exact) mass is 321 g/mol. The first-order valence-electron chi connectivity index (χ1n) is 6.77. The molecule has 1 atom stereocenters. The molecule has 2 nitrogen and oxygen atoms in total. The van der Waals surface area contributed by atoms with E-state index in [1.807, 2.05) is 49.4 Å². The Hall–Kier alpha value is -1.51. The molecule has 1 amide bonds. The van der Waals surface area contributed by atoms with Crippen LogP contribution in [-0.2, 0) is 6.42 Å². The van der Waals surface area contributed by atoms with Gasteiger partial charge in [0.15, 0.2) is 0 Å². The Morgan fingerprint density at radius 2 is 1.86 bits per heavy atom. The minimum absolute atomic E-state index is 0.127. The number of amides is 1. The van der Waals surface area contributed by atoms with E-state index in [0.29, 0.717) is 22.9 Å². The van der Waals surface area contributed by atoms with Gasteiger partial charge in [-0.05, 0) is 30.5 Å². The molecule has 0 bridgehead atoms. The minimum Gasteiger partial charge on any atom is -0.348 e. The third kappa shape index (κ3) is 4.23. The van der Waals surface area contributed by atoms with E-state index in [-0.39, 0.29) is 11.9 Å². The van der Waals surface area contributed by atoms with E-state index in [9.17, 15) is 4.79 Å². The SMILES string of the molecule is Cc1cccc(C(=O)NC(CCl)Cc2ccccc2)c1Cl. The Balaban J connectivity index is 2.08.